The molecule has 2 heterocycles. The Kier molecular flexibility index (Phi) is 5.41. The second-order valence-corrected chi connectivity index (χ2v) is 7.06. The topological polar surface area (TPSA) is 58.6 Å². The molecule has 1 aromatic rings. The number of ketones is 1. The van der Waals surface area contributed by atoms with Crippen LogP contribution in [0.2, 0.25) is 5.02 Å². The molecular weight excluding hydrogens is 328 g/mol. The van der Waals surface area contributed by atoms with Crippen molar-refractivity contribution in [3.63, 3.8) is 0 Å². The lowest BCUT2D eigenvalue weighted by Gasteiger charge is -2.43. The van der Waals surface area contributed by atoms with Crippen LogP contribution in [0.15, 0.2) is 24.3 Å². The number of Topliss-reactive ketones (excluding diaryl/α,β-unsaturated/α-hetero) is 1. The molecule has 1 N–H and O–H groups in total. The lowest BCUT2D eigenvalue weighted by atomic mass is 9.87. The lowest BCUT2D eigenvalue weighted by molar-refractivity contribution is -0.0544. The summed E-state index contributed by atoms with van der Waals surface area (Å²) in [5, 5.41) is 3.36. The average Bonchev–Trinajstić information content (AvgIpc) is 2.57. The fourth-order valence-electron chi connectivity index (χ4n) is 3.46. The Bertz CT molecular complexity index is 595. The molecule has 0 aromatic heterocycles. The summed E-state index contributed by atoms with van der Waals surface area (Å²) in [6, 6.07) is 7.06. The van der Waals surface area contributed by atoms with Gasteiger partial charge in [-0.2, -0.15) is 0 Å². The first kappa shape index (κ1) is 17.2. The first-order valence-corrected chi connectivity index (χ1v) is 8.92. The molecule has 0 radical (unpaired) electrons. The molecule has 6 heteroatoms. The van der Waals surface area contributed by atoms with Crippen LogP contribution in [0.3, 0.4) is 0 Å². The van der Waals surface area contributed by atoms with E-state index in [4.69, 9.17) is 16.3 Å². The Morgan fingerprint density at radius 1 is 1.21 bits per heavy atom. The van der Waals surface area contributed by atoms with Crippen molar-refractivity contribution in [3.8, 4) is 0 Å². The average molecular weight is 351 g/mol. The first-order chi connectivity index (χ1) is 11.6. The maximum Gasteiger partial charge on any atom is 0.407 e. The van der Waals surface area contributed by atoms with Crippen molar-refractivity contribution in [1.82, 2.24) is 10.2 Å². The quantitative estimate of drug-likeness (QED) is 0.828. The Hall–Kier alpha value is -1.59. The van der Waals surface area contributed by atoms with Gasteiger partial charge in [0.15, 0.2) is 5.78 Å². The summed E-state index contributed by atoms with van der Waals surface area (Å²) in [4.78, 5) is 25.9. The van der Waals surface area contributed by atoms with E-state index in [0.717, 1.165) is 50.9 Å². The smallest absolute Gasteiger partial charge is 0.407 e. The third kappa shape index (κ3) is 4.28. The normalized spacial score (nSPS) is 20.5. The molecule has 1 amide bonds. The molecule has 5 nitrogen and oxygen atoms in total. The summed E-state index contributed by atoms with van der Waals surface area (Å²) in [5.41, 5.74) is 0.455. The van der Waals surface area contributed by atoms with Crippen LogP contribution in [0, 0.1) is 0 Å². The predicted molar refractivity (Wildman–Crippen MR) is 92.5 cm³/mol. The van der Waals surface area contributed by atoms with Gasteiger partial charge in [-0.25, -0.2) is 4.79 Å². The fourth-order valence-corrected chi connectivity index (χ4v) is 3.58. The maximum atomic E-state index is 12.1. The molecule has 0 aliphatic carbocycles. The third-order valence-electron chi connectivity index (χ3n) is 4.97. The fraction of sp³-hybridized carbons (Fsp3) is 0.556. The molecule has 1 spiro atoms. The molecule has 1 aromatic carbocycles. The summed E-state index contributed by atoms with van der Waals surface area (Å²) >= 11 is 5.84. The van der Waals surface area contributed by atoms with Gasteiger partial charge in [0, 0.05) is 55.9 Å². The summed E-state index contributed by atoms with van der Waals surface area (Å²) in [7, 11) is 0. The predicted octanol–water partition coefficient (Wildman–Crippen LogP) is 3.27. The summed E-state index contributed by atoms with van der Waals surface area (Å²) in [6.07, 6.45) is 3.75. The highest BCUT2D eigenvalue weighted by Gasteiger charge is 2.40. The SMILES string of the molecule is O=C1NCCC2(CCN(CCCC(=O)c3ccc(Cl)cc3)CC2)O1. The highest BCUT2D eigenvalue weighted by atomic mass is 35.5. The Balaban J connectivity index is 1.40. The number of carbonyl (C=O) groups is 2. The van der Waals surface area contributed by atoms with Crippen LogP contribution >= 0.6 is 11.6 Å². The second kappa shape index (κ2) is 7.53. The lowest BCUT2D eigenvalue weighted by Crippen LogP contribution is -2.53. The van der Waals surface area contributed by atoms with E-state index in [1.54, 1.807) is 24.3 Å². The minimum atomic E-state index is -0.289. The number of piperidine rings is 1. The van der Waals surface area contributed by atoms with Crippen molar-refractivity contribution in [2.75, 3.05) is 26.2 Å². The summed E-state index contributed by atoms with van der Waals surface area (Å²) in [6.45, 7) is 3.45. The van der Waals surface area contributed by atoms with Crippen LogP contribution in [-0.2, 0) is 4.74 Å². The molecular formula is C18H23ClN2O3. The van der Waals surface area contributed by atoms with Gasteiger partial charge >= 0.3 is 6.09 Å². The molecule has 2 fully saturated rings. The molecule has 2 aliphatic heterocycles. The van der Waals surface area contributed by atoms with Crippen LogP contribution in [0.5, 0.6) is 0 Å². The van der Waals surface area contributed by atoms with Gasteiger partial charge in [-0.3, -0.25) is 4.79 Å². The van der Waals surface area contributed by atoms with Gasteiger partial charge in [-0.1, -0.05) is 11.6 Å². The van der Waals surface area contributed by atoms with Gasteiger partial charge in [-0.05, 0) is 37.2 Å². The number of benzene rings is 1. The number of hydrogen-bond donors (Lipinski definition) is 1. The van der Waals surface area contributed by atoms with E-state index in [9.17, 15) is 9.59 Å². The van der Waals surface area contributed by atoms with Gasteiger partial charge in [0.1, 0.15) is 5.60 Å². The maximum absolute atomic E-state index is 12.1. The van der Waals surface area contributed by atoms with E-state index in [1.807, 2.05) is 0 Å². The minimum Gasteiger partial charge on any atom is -0.443 e. The highest BCUT2D eigenvalue weighted by Crippen LogP contribution is 2.31. The highest BCUT2D eigenvalue weighted by molar-refractivity contribution is 6.30. The number of alkyl carbamates (subject to hydrolysis) is 1. The third-order valence-corrected chi connectivity index (χ3v) is 5.22. The number of hydrogen-bond acceptors (Lipinski definition) is 4. The zero-order valence-corrected chi connectivity index (χ0v) is 14.5. The number of likely N-dealkylation sites (tertiary alicyclic amines) is 1. The van der Waals surface area contributed by atoms with Crippen molar-refractivity contribution in [3.05, 3.63) is 34.9 Å². The molecule has 130 valence electrons. The summed E-state index contributed by atoms with van der Waals surface area (Å²) < 4.78 is 5.53. The van der Waals surface area contributed by atoms with E-state index in [-0.39, 0.29) is 17.5 Å². The number of ether oxygens (including phenoxy) is 1. The van der Waals surface area contributed by atoms with Crippen molar-refractivity contribution < 1.29 is 14.3 Å². The van der Waals surface area contributed by atoms with Gasteiger partial charge < -0.3 is 15.0 Å². The van der Waals surface area contributed by atoms with Crippen LogP contribution in [0.25, 0.3) is 0 Å². The number of rotatable bonds is 5. The van der Waals surface area contributed by atoms with E-state index in [0.29, 0.717) is 18.0 Å². The standard InChI is InChI=1S/C18H23ClN2O3/c19-15-5-3-14(4-6-15)16(22)2-1-11-21-12-8-18(9-13-21)7-10-20-17(23)24-18/h3-6H,1-2,7-13H2,(H,20,23). The van der Waals surface area contributed by atoms with Gasteiger partial charge in [-0.15, -0.1) is 0 Å². The number of amides is 1. The molecule has 0 saturated carbocycles. The molecule has 0 bridgehead atoms. The number of nitrogens with zero attached hydrogens (tertiary/aromatic N) is 1. The number of carbonyl (C=O) groups excluding carboxylic acids is 2. The molecule has 0 atom stereocenters. The van der Waals surface area contributed by atoms with Crippen molar-refractivity contribution >= 4 is 23.5 Å². The van der Waals surface area contributed by atoms with Crippen LogP contribution in [0.4, 0.5) is 4.79 Å². The summed E-state index contributed by atoms with van der Waals surface area (Å²) in [5.74, 6) is 0.160. The molecule has 2 aliphatic rings. The van der Waals surface area contributed by atoms with Crippen LogP contribution in [0.1, 0.15) is 42.5 Å². The Morgan fingerprint density at radius 2 is 1.92 bits per heavy atom. The molecule has 0 unspecified atom stereocenters. The molecule has 24 heavy (non-hydrogen) atoms. The minimum absolute atomic E-state index is 0.160. The number of halogens is 1. The van der Waals surface area contributed by atoms with Gasteiger partial charge in [0.2, 0.25) is 0 Å². The number of nitrogens with one attached hydrogen (secondary N) is 1. The van der Waals surface area contributed by atoms with E-state index >= 15 is 0 Å². The molecule has 3 rings (SSSR count). The zero-order valence-electron chi connectivity index (χ0n) is 13.7. The van der Waals surface area contributed by atoms with Gasteiger partial charge in [0.25, 0.3) is 0 Å². The monoisotopic (exact) mass is 350 g/mol. The van der Waals surface area contributed by atoms with E-state index in [2.05, 4.69) is 10.2 Å². The van der Waals surface area contributed by atoms with Crippen LogP contribution in [-0.4, -0.2) is 48.6 Å². The molecule has 2 saturated heterocycles. The second-order valence-electron chi connectivity index (χ2n) is 6.62. The van der Waals surface area contributed by atoms with Crippen molar-refractivity contribution in [1.29, 1.82) is 0 Å². The zero-order chi connectivity index (χ0) is 17.0. The van der Waals surface area contributed by atoms with E-state index < -0.39 is 0 Å². The van der Waals surface area contributed by atoms with E-state index in [1.165, 1.54) is 0 Å². The van der Waals surface area contributed by atoms with Crippen molar-refractivity contribution in [2.45, 2.75) is 37.7 Å². The Morgan fingerprint density at radius 3 is 2.58 bits per heavy atom. The first-order valence-electron chi connectivity index (χ1n) is 8.54. The van der Waals surface area contributed by atoms with Crippen molar-refractivity contribution in [2.24, 2.45) is 0 Å². The van der Waals surface area contributed by atoms with Gasteiger partial charge in [0.05, 0.1) is 0 Å². The largest absolute Gasteiger partial charge is 0.443 e. The van der Waals surface area contributed by atoms with Crippen LogP contribution < -0.4 is 5.32 Å². The Labute approximate surface area is 147 Å².